The van der Waals surface area contributed by atoms with E-state index >= 15 is 0 Å². The van der Waals surface area contributed by atoms with Crippen molar-refractivity contribution in [3.05, 3.63) is 47.9 Å². The molecule has 0 atom stereocenters. The topological polar surface area (TPSA) is 62.7 Å². The van der Waals surface area contributed by atoms with Crippen LogP contribution in [0.5, 0.6) is 0 Å². The number of hydrogen-bond acceptors (Lipinski definition) is 5. The minimum Gasteiger partial charge on any atom is -0.368 e. The smallest absolute Gasteiger partial charge is 0.137 e. The van der Waals surface area contributed by atoms with Crippen LogP contribution in [-0.4, -0.2) is 52.7 Å². The van der Waals surface area contributed by atoms with Gasteiger partial charge in [-0.05, 0) is 37.2 Å². The van der Waals surface area contributed by atoms with Crippen molar-refractivity contribution in [1.29, 1.82) is 0 Å². The molecule has 4 rings (SSSR count). The maximum atomic E-state index is 5.79. The van der Waals surface area contributed by atoms with Crippen LogP contribution >= 0.6 is 12.4 Å². The van der Waals surface area contributed by atoms with E-state index in [0.717, 1.165) is 43.0 Å². The van der Waals surface area contributed by atoms with E-state index in [0.29, 0.717) is 6.54 Å². The molecule has 138 valence electrons. The first-order valence-electron chi connectivity index (χ1n) is 8.72. The zero-order chi connectivity index (χ0) is 17.4. The average molecular weight is 373 g/mol. The number of halogens is 1. The Bertz CT molecular complexity index is 898. The van der Waals surface area contributed by atoms with E-state index in [1.165, 1.54) is 16.8 Å². The number of rotatable bonds is 3. The number of aryl methyl sites for hydroxylation is 1. The molecule has 2 aromatic heterocycles. The van der Waals surface area contributed by atoms with E-state index in [1.54, 1.807) is 6.33 Å². The molecule has 1 aliphatic heterocycles. The van der Waals surface area contributed by atoms with Crippen molar-refractivity contribution in [3.63, 3.8) is 0 Å². The minimum atomic E-state index is 0. The SMILES string of the molecule is Cc1cc(-c2ncnn3cc(N4CCN(C)CC4)cc23)ccc1CN.Cl. The summed E-state index contributed by atoms with van der Waals surface area (Å²) in [6.07, 6.45) is 3.73. The molecule has 0 bridgehead atoms. The highest BCUT2D eigenvalue weighted by atomic mass is 35.5. The van der Waals surface area contributed by atoms with Gasteiger partial charge in [-0.3, -0.25) is 0 Å². The fourth-order valence-corrected chi connectivity index (χ4v) is 3.45. The molecule has 0 spiro atoms. The number of fused-ring (bicyclic) bond motifs is 1. The van der Waals surface area contributed by atoms with E-state index in [9.17, 15) is 0 Å². The highest BCUT2D eigenvalue weighted by molar-refractivity contribution is 5.85. The van der Waals surface area contributed by atoms with E-state index in [1.807, 2.05) is 4.52 Å². The van der Waals surface area contributed by atoms with Crippen molar-refractivity contribution in [3.8, 4) is 11.3 Å². The van der Waals surface area contributed by atoms with Gasteiger partial charge < -0.3 is 15.5 Å². The molecule has 7 heteroatoms. The second-order valence-electron chi connectivity index (χ2n) is 6.77. The van der Waals surface area contributed by atoms with Gasteiger partial charge in [-0.2, -0.15) is 5.10 Å². The van der Waals surface area contributed by atoms with E-state index in [4.69, 9.17) is 5.73 Å². The summed E-state index contributed by atoms with van der Waals surface area (Å²) in [6.45, 7) is 6.91. The van der Waals surface area contributed by atoms with Crippen molar-refractivity contribution in [2.24, 2.45) is 5.73 Å². The Morgan fingerprint density at radius 3 is 2.58 bits per heavy atom. The number of benzene rings is 1. The summed E-state index contributed by atoms with van der Waals surface area (Å²) in [5.74, 6) is 0. The molecule has 0 amide bonds. The molecule has 0 radical (unpaired) electrons. The molecule has 6 nitrogen and oxygen atoms in total. The molecule has 1 aromatic carbocycles. The summed E-state index contributed by atoms with van der Waals surface area (Å²) in [6, 6.07) is 8.55. The Kier molecular flexibility index (Phi) is 5.46. The summed E-state index contributed by atoms with van der Waals surface area (Å²) >= 11 is 0. The van der Waals surface area contributed by atoms with Crippen LogP contribution in [0.3, 0.4) is 0 Å². The fourth-order valence-electron chi connectivity index (χ4n) is 3.45. The first kappa shape index (κ1) is 18.6. The van der Waals surface area contributed by atoms with Crippen LogP contribution in [0.1, 0.15) is 11.1 Å². The van der Waals surface area contributed by atoms with Crippen molar-refractivity contribution < 1.29 is 0 Å². The van der Waals surface area contributed by atoms with Crippen molar-refractivity contribution in [1.82, 2.24) is 19.5 Å². The van der Waals surface area contributed by atoms with Crippen LogP contribution in [0.2, 0.25) is 0 Å². The van der Waals surface area contributed by atoms with Crippen molar-refractivity contribution >= 4 is 23.6 Å². The van der Waals surface area contributed by atoms with Gasteiger partial charge in [0, 0.05) is 38.3 Å². The first-order chi connectivity index (χ1) is 12.2. The Morgan fingerprint density at radius 1 is 1.12 bits per heavy atom. The first-order valence-corrected chi connectivity index (χ1v) is 8.72. The Hall–Kier alpha value is -2.15. The Morgan fingerprint density at radius 2 is 1.88 bits per heavy atom. The number of hydrogen-bond donors (Lipinski definition) is 1. The maximum Gasteiger partial charge on any atom is 0.137 e. The zero-order valence-corrected chi connectivity index (χ0v) is 16.0. The van der Waals surface area contributed by atoms with E-state index in [2.05, 4.69) is 64.3 Å². The van der Waals surface area contributed by atoms with Crippen LogP contribution in [0, 0.1) is 6.92 Å². The van der Waals surface area contributed by atoms with E-state index in [-0.39, 0.29) is 12.4 Å². The molecular weight excluding hydrogens is 348 g/mol. The highest BCUT2D eigenvalue weighted by Gasteiger charge is 2.17. The average Bonchev–Trinajstić information content (AvgIpc) is 3.06. The highest BCUT2D eigenvalue weighted by Crippen LogP contribution is 2.28. The molecule has 3 heterocycles. The van der Waals surface area contributed by atoms with Gasteiger partial charge in [0.2, 0.25) is 0 Å². The summed E-state index contributed by atoms with van der Waals surface area (Å²) in [7, 11) is 2.17. The van der Waals surface area contributed by atoms with Crippen molar-refractivity contribution in [2.45, 2.75) is 13.5 Å². The number of likely N-dealkylation sites (N-methyl/N-ethyl adjacent to an activating group) is 1. The summed E-state index contributed by atoms with van der Waals surface area (Å²) in [5, 5.41) is 4.40. The number of nitrogens with two attached hydrogens (primary N) is 1. The predicted octanol–water partition coefficient (Wildman–Crippen LogP) is 2.34. The third-order valence-electron chi connectivity index (χ3n) is 5.10. The molecule has 1 aliphatic rings. The van der Waals surface area contributed by atoms with Crippen LogP contribution in [0.4, 0.5) is 5.69 Å². The van der Waals surface area contributed by atoms with Crippen LogP contribution in [0.15, 0.2) is 36.8 Å². The molecule has 2 N–H and O–H groups in total. The van der Waals surface area contributed by atoms with Gasteiger partial charge in [0.15, 0.2) is 0 Å². The van der Waals surface area contributed by atoms with E-state index < -0.39 is 0 Å². The standard InChI is InChI=1S/C19H24N6.ClH/c1-14-9-15(3-4-16(14)11-20)19-18-10-17(12-25(18)22-13-21-19)24-7-5-23(2)6-8-24;/h3-4,9-10,12-13H,5-8,11,20H2,1-2H3;1H. The molecular formula is C19H25ClN6. The molecule has 0 aliphatic carbocycles. The lowest BCUT2D eigenvalue weighted by Crippen LogP contribution is -2.44. The number of anilines is 1. The molecule has 3 aromatic rings. The third kappa shape index (κ3) is 3.40. The van der Waals surface area contributed by atoms with Gasteiger partial charge in [0.1, 0.15) is 6.33 Å². The molecule has 0 unspecified atom stereocenters. The molecule has 0 saturated carbocycles. The van der Waals surface area contributed by atoms with Crippen LogP contribution in [0.25, 0.3) is 16.8 Å². The van der Waals surface area contributed by atoms with Gasteiger partial charge in [0.05, 0.1) is 23.1 Å². The largest absolute Gasteiger partial charge is 0.368 e. The lowest BCUT2D eigenvalue weighted by atomic mass is 10.0. The summed E-state index contributed by atoms with van der Waals surface area (Å²) in [4.78, 5) is 9.33. The van der Waals surface area contributed by atoms with Gasteiger partial charge >= 0.3 is 0 Å². The van der Waals surface area contributed by atoms with Gasteiger partial charge in [0.25, 0.3) is 0 Å². The van der Waals surface area contributed by atoms with Gasteiger partial charge in [-0.25, -0.2) is 9.50 Å². The second kappa shape index (κ2) is 7.61. The van der Waals surface area contributed by atoms with Gasteiger partial charge in [-0.1, -0.05) is 12.1 Å². The monoisotopic (exact) mass is 372 g/mol. The maximum absolute atomic E-state index is 5.79. The summed E-state index contributed by atoms with van der Waals surface area (Å²) in [5.41, 5.74) is 12.5. The fraction of sp³-hybridized carbons (Fsp3) is 0.368. The number of nitrogens with zero attached hydrogens (tertiary/aromatic N) is 5. The Labute approximate surface area is 160 Å². The molecule has 1 fully saturated rings. The second-order valence-corrected chi connectivity index (χ2v) is 6.77. The van der Waals surface area contributed by atoms with Gasteiger partial charge in [-0.15, -0.1) is 12.4 Å². The third-order valence-corrected chi connectivity index (χ3v) is 5.10. The Balaban J connectivity index is 0.00000196. The quantitative estimate of drug-likeness (QED) is 0.764. The lowest BCUT2D eigenvalue weighted by molar-refractivity contribution is 0.313. The minimum absolute atomic E-state index is 0. The van der Waals surface area contributed by atoms with Crippen molar-refractivity contribution in [2.75, 3.05) is 38.1 Å². The zero-order valence-electron chi connectivity index (χ0n) is 15.2. The van der Waals surface area contributed by atoms with Crippen LogP contribution < -0.4 is 10.6 Å². The molecule has 1 saturated heterocycles. The lowest BCUT2D eigenvalue weighted by Gasteiger charge is -2.33. The van der Waals surface area contributed by atoms with Crippen LogP contribution in [-0.2, 0) is 6.54 Å². The normalized spacial score (nSPS) is 15.3. The number of piperazine rings is 1. The number of aromatic nitrogens is 3. The molecule has 26 heavy (non-hydrogen) atoms. The predicted molar refractivity (Wildman–Crippen MR) is 108 cm³/mol. The summed E-state index contributed by atoms with van der Waals surface area (Å²) < 4.78 is 1.93.